The highest BCUT2D eigenvalue weighted by Crippen LogP contribution is 2.25. The quantitative estimate of drug-likeness (QED) is 0.678. The summed E-state index contributed by atoms with van der Waals surface area (Å²) in [6.45, 7) is 0. The first-order valence-corrected chi connectivity index (χ1v) is 6.16. The Bertz CT molecular complexity index is 514. The van der Waals surface area contributed by atoms with Crippen LogP contribution in [0, 0.1) is 10.1 Å². The number of rotatable bonds is 4. The number of halogens is 1. The van der Waals surface area contributed by atoms with Gasteiger partial charge in [-0.15, -0.1) is 0 Å². The number of nitrogens with zero attached hydrogens (tertiary/aromatic N) is 1. The van der Waals surface area contributed by atoms with Crippen LogP contribution in [0.25, 0.3) is 0 Å². The lowest BCUT2D eigenvalue weighted by molar-refractivity contribution is -0.384. The molecule has 1 aliphatic rings. The van der Waals surface area contributed by atoms with E-state index in [9.17, 15) is 14.9 Å². The van der Waals surface area contributed by atoms with Gasteiger partial charge in [0.15, 0.2) is 0 Å². The van der Waals surface area contributed by atoms with Crippen LogP contribution in [0.5, 0.6) is 0 Å². The van der Waals surface area contributed by atoms with E-state index in [-0.39, 0.29) is 28.4 Å². The van der Waals surface area contributed by atoms with Gasteiger partial charge in [0.05, 0.1) is 21.6 Å². The van der Waals surface area contributed by atoms with E-state index in [1.54, 1.807) is 7.11 Å². The zero-order valence-corrected chi connectivity index (χ0v) is 11.0. The number of hydrogen-bond donors (Lipinski definition) is 1. The van der Waals surface area contributed by atoms with E-state index in [2.05, 4.69) is 5.32 Å². The predicted octanol–water partition coefficient (Wildman–Crippen LogP) is 2.16. The molecule has 1 aromatic carbocycles. The molecule has 1 saturated carbocycles. The van der Waals surface area contributed by atoms with Crippen LogP contribution in [-0.4, -0.2) is 30.1 Å². The summed E-state index contributed by atoms with van der Waals surface area (Å²) >= 11 is 5.89. The van der Waals surface area contributed by atoms with E-state index in [0.717, 1.165) is 12.8 Å². The minimum Gasteiger partial charge on any atom is -0.381 e. The maximum Gasteiger partial charge on any atom is 0.270 e. The lowest BCUT2D eigenvalue weighted by Crippen LogP contribution is -2.47. The summed E-state index contributed by atoms with van der Waals surface area (Å²) in [4.78, 5) is 22.1. The van der Waals surface area contributed by atoms with Crippen molar-refractivity contribution in [3.63, 3.8) is 0 Å². The molecule has 0 unspecified atom stereocenters. The monoisotopic (exact) mass is 284 g/mol. The van der Waals surface area contributed by atoms with Crippen LogP contribution in [0.1, 0.15) is 23.2 Å². The number of carbonyl (C=O) groups excluding carboxylic acids is 1. The average Bonchev–Trinajstić information content (AvgIpc) is 2.33. The molecule has 2 rings (SSSR count). The molecule has 0 heterocycles. The van der Waals surface area contributed by atoms with Crippen molar-refractivity contribution in [3.05, 3.63) is 38.9 Å². The van der Waals surface area contributed by atoms with Gasteiger partial charge in [-0.05, 0) is 18.9 Å². The molecule has 0 saturated heterocycles. The van der Waals surface area contributed by atoms with Crippen molar-refractivity contribution >= 4 is 23.2 Å². The van der Waals surface area contributed by atoms with E-state index < -0.39 is 10.8 Å². The van der Waals surface area contributed by atoms with Crippen molar-refractivity contribution in [2.24, 2.45) is 0 Å². The van der Waals surface area contributed by atoms with Crippen molar-refractivity contribution in [2.45, 2.75) is 25.0 Å². The molecule has 0 bridgehead atoms. The number of nitro groups is 1. The topological polar surface area (TPSA) is 81.5 Å². The summed E-state index contributed by atoms with van der Waals surface area (Å²) in [7, 11) is 1.63. The number of ether oxygens (including phenoxy) is 1. The summed E-state index contributed by atoms with van der Waals surface area (Å²) in [6.07, 6.45) is 1.66. The van der Waals surface area contributed by atoms with E-state index in [4.69, 9.17) is 16.3 Å². The van der Waals surface area contributed by atoms with Crippen molar-refractivity contribution in [3.8, 4) is 0 Å². The number of non-ortho nitro benzene ring substituents is 1. The normalized spacial score (nSPS) is 21.6. The Morgan fingerprint density at radius 1 is 1.53 bits per heavy atom. The number of carbonyl (C=O) groups is 1. The molecular formula is C12H13ClN2O4. The van der Waals surface area contributed by atoms with Gasteiger partial charge in [-0.3, -0.25) is 14.9 Å². The molecule has 1 aromatic rings. The minimum atomic E-state index is -0.558. The summed E-state index contributed by atoms with van der Waals surface area (Å²) in [6, 6.07) is 3.84. The first kappa shape index (κ1) is 13.8. The van der Waals surface area contributed by atoms with Gasteiger partial charge in [0, 0.05) is 25.3 Å². The smallest absolute Gasteiger partial charge is 0.270 e. The van der Waals surface area contributed by atoms with Crippen molar-refractivity contribution < 1.29 is 14.5 Å². The molecule has 0 atom stereocenters. The van der Waals surface area contributed by atoms with Gasteiger partial charge < -0.3 is 10.1 Å². The maximum absolute atomic E-state index is 12.0. The van der Waals surface area contributed by atoms with E-state index in [1.807, 2.05) is 0 Å². The number of methoxy groups -OCH3 is 1. The molecule has 0 aromatic heterocycles. The van der Waals surface area contributed by atoms with Gasteiger partial charge in [-0.25, -0.2) is 0 Å². The first-order chi connectivity index (χ1) is 9.01. The third-order valence-corrected chi connectivity index (χ3v) is 3.50. The third-order valence-electron chi connectivity index (χ3n) is 3.17. The van der Waals surface area contributed by atoms with Crippen LogP contribution < -0.4 is 5.32 Å². The summed E-state index contributed by atoms with van der Waals surface area (Å²) in [5, 5.41) is 13.7. The maximum atomic E-state index is 12.0. The molecule has 0 aliphatic heterocycles. The van der Waals surface area contributed by atoms with Gasteiger partial charge >= 0.3 is 0 Å². The second kappa shape index (κ2) is 5.54. The van der Waals surface area contributed by atoms with Crippen molar-refractivity contribution in [1.29, 1.82) is 0 Å². The Kier molecular flexibility index (Phi) is 4.01. The molecule has 0 radical (unpaired) electrons. The Labute approximate surface area is 114 Å². The fourth-order valence-electron chi connectivity index (χ4n) is 1.94. The number of nitrogens with one attached hydrogen (secondary N) is 1. The average molecular weight is 285 g/mol. The molecule has 102 valence electrons. The van der Waals surface area contributed by atoms with Gasteiger partial charge in [0.25, 0.3) is 11.6 Å². The van der Waals surface area contributed by atoms with Gasteiger partial charge in [-0.1, -0.05) is 11.6 Å². The summed E-state index contributed by atoms with van der Waals surface area (Å²) < 4.78 is 5.11. The Balaban J connectivity index is 2.06. The van der Waals surface area contributed by atoms with E-state index >= 15 is 0 Å². The molecular weight excluding hydrogens is 272 g/mol. The highest BCUT2D eigenvalue weighted by Gasteiger charge is 2.31. The molecule has 7 heteroatoms. The molecule has 0 spiro atoms. The van der Waals surface area contributed by atoms with Crippen LogP contribution in [-0.2, 0) is 4.74 Å². The molecule has 19 heavy (non-hydrogen) atoms. The van der Waals surface area contributed by atoms with Gasteiger partial charge in [0.2, 0.25) is 0 Å². The Morgan fingerprint density at radius 2 is 2.21 bits per heavy atom. The highest BCUT2D eigenvalue weighted by atomic mass is 35.5. The van der Waals surface area contributed by atoms with Gasteiger partial charge in [0.1, 0.15) is 0 Å². The first-order valence-electron chi connectivity index (χ1n) is 5.79. The van der Waals surface area contributed by atoms with Gasteiger partial charge in [-0.2, -0.15) is 0 Å². The standard InChI is InChI=1S/C12H13ClN2O4/c1-19-9-4-7(5-9)14-12(16)10-6-8(15(17)18)2-3-11(10)13/h2-3,6-7,9H,4-5H2,1H3,(H,14,16). The second-order valence-electron chi connectivity index (χ2n) is 4.42. The van der Waals surface area contributed by atoms with Crippen LogP contribution in [0.15, 0.2) is 18.2 Å². The Morgan fingerprint density at radius 3 is 2.79 bits per heavy atom. The number of nitro benzene ring substituents is 1. The lowest BCUT2D eigenvalue weighted by atomic mass is 9.89. The van der Waals surface area contributed by atoms with Crippen LogP contribution in [0.3, 0.4) is 0 Å². The highest BCUT2D eigenvalue weighted by molar-refractivity contribution is 6.33. The minimum absolute atomic E-state index is 0.0350. The second-order valence-corrected chi connectivity index (χ2v) is 4.83. The van der Waals surface area contributed by atoms with E-state index in [0.29, 0.717) is 0 Å². The fraction of sp³-hybridized carbons (Fsp3) is 0.417. The SMILES string of the molecule is COC1CC(NC(=O)c2cc([N+](=O)[O-])ccc2Cl)C1. The summed E-state index contributed by atoms with van der Waals surface area (Å²) in [5.41, 5.74) is -0.0327. The zero-order valence-electron chi connectivity index (χ0n) is 10.3. The predicted molar refractivity (Wildman–Crippen MR) is 69.4 cm³/mol. The Hall–Kier alpha value is -1.66. The third kappa shape index (κ3) is 3.02. The van der Waals surface area contributed by atoms with Crippen LogP contribution >= 0.6 is 11.6 Å². The number of amides is 1. The zero-order chi connectivity index (χ0) is 14.0. The molecule has 1 aliphatic carbocycles. The van der Waals surface area contributed by atoms with Crippen LogP contribution in [0.2, 0.25) is 5.02 Å². The molecule has 1 N–H and O–H groups in total. The van der Waals surface area contributed by atoms with Crippen LogP contribution in [0.4, 0.5) is 5.69 Å². The molecule has 1 amide bonds. The summed E-state index contributed by atoms with van der Waals surface area (Å²) in [5.74, 6) is -0.395. The molecule has 1 fully saturated rings. The lowest BCUT2D eigenvalue weighted by Gasteiger charge is -2.34. The molecule has 6 nitrogen and oxygen atoms in total. The largest absolute Gasteiger partial charge is 0.381 e. The number of benzene rings is 1. The van der Waals surface area contributed by atoms with Crippen molar-refractivity contribution in [1.82, 2.24) is 5.32 Å². The fourth-order valence-corrected chi connectivity index (χ4v) is 2.14. The van der Waals surface area contributed by atoms with Crippen molar-refractivity contribution in [2.75, 3.05) is 7.11 Å². The number of hydrogen-bond acceptors (Lipinski definition) is 4. The van der Waals surface area contributed by atoms with E-state index in [1.165, 1.54) is 18.2 Å².